The van der Waals surface area contributed by atoms with Gasteiger partial charge in [-0.25, -0.2) is 28.7 Å². The highest BCUT2D eigenvalue weighted by Crippen LogP contribution is 2.40. The van der Waals surface area contributed by atoms with Gasteiger partial charge in [0.15, 0.2) is 18.6 Å². The van der Waals surface area contributed by atoms with Crippen LogP contribution in [0, 0.1) is 27.7 Å². The zero-order chi connectivity index (χ0) is 61.8. The summed E-state index contributed by atoms with van der Waals surface area (Å²) in [6, 6.07) is 55.6. The van der Waals surface area contributed by atoms with Crippen LogP contribution in [0.15, 0.2) is 196 Å². The quantitative estimate of drug-likeness (QED) is 0.160. The minimum absolute atomic E-state index is 0.447. The molecule has 6 aromatic carbocycles. The van der Waals surface area contributed by atoms with E-state index in [0.717, 1.165) is 141 Å². The predicted octanol–water partition coefficient (Wildman–Crippen LogP) is 17.9. The zero-order valence-corrected chi connectivity index (χ0v) is 48.6. The van der Waals surface area contributed by atoms with Gasteiger partial charge in [0, 0.05) is 91.7 Å². The third-order valence-electron chi connectivity index (χ3n) is 17.0. The molecule has 9 aromatic heterocycles. The maximum atomic E-state index is 8.94. The highest BCUT2D eigenvalue weighted by atomic mass is 16.3. The smallest absolute Gasteiger partial charge is 0.227 e. The van der Waals surface area contributed by atoms with E-state index < -0.39 is 18.6 Å². The molecule has 1 saturated carbocycles. The molecule has 84 heavy (non-hydrogen) atoms. The van der Waals surface area contributed by atoms with Crippen LogP contribution in [-0.4, -0.2) is 15.0 Å². The summed E-state index contributed by atoms with van der Waals surface area (Å²) in [5.41, 5.74) is 19.9. The van der Waals surface area contributed by atoms with E-state index in [4.69, 9.17) is 30.1 Å². The number of pyridine rings is 6. The Morgan fingerprint density at radius 2 is 0.857 bits per heavy atom. The summed E-state index contributed by atoms with van der Waals surface area (Å²) in [4.78, 5) is 14.1. The molecule has 0 spiro atoms. The molecule has 0 radical (unpaired) electrons. The lowest BCUT2D eigenvalue weighted by atomic mass is 9.95. The van der Waals surface area contributed by atoms with E-state index in [9.17, 15) is 0 Å². The van der Waals surface area contributed by atoms with Crippen LogP contribution in [0.3, 0.4) is 0 Å². The van der Waals surface area contributed by atoms with Crippen molar-refractivity contribution >= 4 is 98.9 Å². The lowest BCUT2D eigenvalue weighted by Gasteiger charge is -2.11. The molecule has 9 nitrogen and oxygen atoms in total. The second-order valence-corrected chi connectivity index (χ2v) is 22.9. The van der Waals surface area contributed by atoms with Gasteiger partial charge in [0.2, 0.25) is 34.2 Å². The van der Waals surface area contributed by atoms with Crippen LogP contribution in [-0.2, 0) is 21.1 Å². The number of nitrogens with zero attached hydrogens (tertiary/aromatic N) is 6. The molecular formula is C75H67N6O3+3. The maximum Gasteiger partial charge on any atom is 0.227 e. The molecule has 0 N–H and O–H groups in total. The summed E-state index contributed by atoms with van der Waals surface area (Å²) in [5, 5.41) is 9.61. The van der Waals surface area contributed by atoms with Crippen molar-refractivity contribution in [1.82, 2.24) is 15.0 Å². The van der Waals surface area contributed by atoms with E-state index in [-0.39, 0.29) is 0 Å². The van der Waals surface area contributed by atoms with Gasteiger partial charge in [0.1, 0.15) is 37.9 Å². The van der Waals surface area contributed by atoms with Gasteiger partial charge in [0.05, 0.1) is 33.2 Å². The van der Waals surface area contributed by atoms with Crippen LogP contribution in [0.1, 0.15) is 91.5 Å². The van der Waals surface area contributed by atoms with Crippen LogP contribution < -0.4 is 13.7 Å². The largest absolute Gasteiger partial charge is 0.438 e. The van der Waals surface area contributed by atoms with Gasteiger partial charge in [-0.15, -0.1) is 0 Å². The van der Waals surface area contributed by atoms with E-state index in [1.807, 2.05) is 85.3 Å². The molecule has 1 unspecified atom stereocenters. The second-order valence-electron chi connectivity index (χ2n) is 22.9. The first-order valence-corrected chi connectivity index (χ1v) is 28.8. The maximum absolute atomic E-state index is 8.94. The molecule has 16 rings (SSSR count). The van der Waals surface area contributed by atoms with Crippen molar-refractivity contribution in [2.24, 2.45) is 21.1 Å². The minimum Gasteiger partial charge on any atom is -0.438 e. The minimum atomic E-state index is -2.43. The van der Waals surface area contributed by atoms with Crippen molar-refractivity contribution in [2.75, 3.05) is 0 Å². The SMILES string of the molecule is Cc1cc[n+](C)c(-c2cc3oc4nc5ccccc5cc4c3cc2C)c1.[2H]C([2H])([2H])C([2H])(C)c1cc[n+](C)c(-c2cc3oc4nc5ccccc5cc4c3cc2C)c1.[2H]C1(c2cc[n+](C)c(-c3cc4oc5nc6ccccc6cc5c4cc3C)c2)CCCC1. The molecule has 9 heterocycles. The van der Waals surface area contributed by atoms with Crippen molar-refractivity contribution < 1.29 is 33.8 Å². The summed E-state index contributed by atoms with van der Waals surface area (Å²) in [6.45, 7) is 7.46. The summed E-state index contributed by atoms with van der Waals surface area (Å²) in [6.07, 6.45) is 10.2. The number of hydrogen-bond donors (Lipinski definition) is 0. The van der Waals surface area contributed by atoms with Crippen LogP contribution in [0.2, 0.25) is 0 Å². The molecule has 9 heteroatoms. The average Bonchev–Trinajstić information content (AvgIpc) is 3.41. The Kier molecular flexibility index (Phi) is 11.7. The summed E-state index contributed by atoms with van der Waals surface area (Å²) >= 11 is 0. The number of para-hydroxylation sites is 3. The Hall–Kier alpha value is -9.60. The van der Waals surface area contributed by atoms with Crippen molar-refractivity contribution in [3.8, 4) is 33.8 Å². The molecule has 15 aromatic rings. The van der Waals surface area contributed by atoms with Crippen molar-refractivity contribution in [3.05, 3.63) is 216 Å². The second kappa shape index (κ2) is 21.0. The van der Waals surface area contributed by atoms with Gasteiger partial charge in [-0.1, -0.05) is 81.2 Å². The Morgan fingerprint density at radius 3 is 1.30 bits per heavy atom. The lowest BCUT2D eigenvalue weighted by molar-refractivity contribution is -0.660. The van der Waals surface area contributed by atoms with Crippen LogP contribution in [0.5, 0.6) is 0 Å². The van der Waals surface area contributed by atoms with Crippen LogP contribution in [0.4, 0.5) is 0 Å². The number of aromatic nitrogens is 6. The Morgan fingerprint density at radius 1 is 0.464 bits per heavy atom. The molecule has 1 fully saturated rings. The van der Waals surface area contributed by atoms with Crippen molar-refractivity contribution in [3.63, 3.8) is 0 Å². The van der Waals surface area contributed by atoms with Gasteiger partial charge in [-0.05, 0) is 159 Å². The predicted molar refractivity (Wildman–Crippen MR) is 341 cm³/mol. The van der Waals surface area contributed by atoms with Gasteiger partial charge in [0.25, 0.3) is 0 Å². The van der Waals surface area contributed by atoms with Crippen molar-refractivity contribution in [1.29, 1.82) is 0 Å². The first-order chi connectivity index (χ1) is 42.7. The fourth-order valence-corrected chi connectivity index (χ4v) is 12.4. The Bertz CT molecular complexity index is 5370. The van der Waals surface area contributed by atoms with Gasteiger partial charge in [-0.3, -0.25) is 0 Å². The fraction of sp³-hybridized carbons (Fsp3) is 0.200. The molecule has 0 saturated heterocycles. The number of benzene rings is 6. The van der Waals surface area contributed by atoms with Crippen molar-refractivity contribution in [2.45, 2.75) is 78.9 Å². The van der Waals surface area contributed by atoms with Gasteiger partial charge in [-0.2, -0.15) is 0 Å². The lowest BCUT2D eigenvalue weighted by Crippen LogP contribution is -2.31. The van der Waals surface area contributed by atoms with Gasteiger partial charge < -0.3 is 13.3 Å². The topological polar surface area (TPSA) is 89.7 Å². The Balaban J connectivity index is 0.000000118. The highest BCUT2D eigenvalue weighted by Gasteiger charge is 2.24. The number of furan rings is 3. The first-order valence-electron chi connectivity index (χ1n) is 31.3. The zero-order valence-electron chi connectivity index (χ0n) is 53.6. The normalized spacial score (nSPS) is 15.0. The molecule has 412 valence electrons. The van der Waals surface area contributed by atoms with Crippen LogP contribution >= 0.6 is 0 Å². The summed E-state index contributed by atoms with van der Waals surface area (Å²) in [7, 11) is 6.05. The molecule has 1 aliphatic rings. The fourth-order valence-electron chi connectivity index (χ4n) is 12.4. The van der Waals surface area contributed by atoms with E-state index in [1.54, 1.807) is 18.3 Å². The number of fused-ring (bicyclic) bond motifs is 12. The molecule has 0 aliphatic heterocycles. The Labute approximate surface area is 495 Å². The standard InChI is InChI=1S/C27H25N2O.C25H23N2O.C23H19N2O/c1-17-13-22-23-14-20-9-5-6-10-24(20)28-27(23)30-26(22)16-21(17)25-15-19(11-12-29(25)2)18-7-3-4-8-18;1-15(2)17-9-10-27(4)23(13-17)19-14-24-20(11-16(19)3)21-12-18-7-5-6-8-22(18)26-25(21)28-24;1-14-8-9-25(3)21(10-14)17-13-22-18(11-15(17)2)19-12-16-6-4-5-7-20(16)24-23(19)26-22/h5-6,9-16,18H,3-4,7-8H2,1-2H3;5-15H,1-4H3;4-13H,1-3H3/q3*+1/i18D;1D3,15D;. The van der Waals surface area contributed by atoms with E-state index in [1.165, 1.54) is 34.9 Å². The number of hydrogen-bond acceptors (Lipinski definition) is 6. The van der Waals surface area contributed by atoms with E-state index in [0.29, 0.717) is 22.7 Å². The molecule has 1 atom stereocenters. The van der Waals surface area contributed by atoms with E-state index >= 15 is 0 Å². The number of aryl methyl sites for hydroxylation is 7. The summed E-state index contributed by atoms with van der Waals surface area (Å²) < 4.78 is 65.5. The molecular weight excluding hydrogens is 1030 g/mol. The number of rotatable bonds is 5. The third kappa shape index (κ3) is 9.47. The summed E-state index contributed by atoms with van der Waals surface area (Å²) in [5.74, 6) is -2.16. The molecule has 0 amide bonds. The monoisotopic (exact) mass is 1100 g/mol. The molecule has 0 bridgehead atoms. The third-order valence-corrected chi connectivity index (χ3v) is 17.0. The highest BCUT2D eigenvalue weighted by molar-refractivity contribution is 6.11. The first kappa shape index (κ1) is 46.9. The van der Waals surface area contributed by atoms with Crippen LogP contribution in [0.25, 0.3) is 133 Å². The van der Waals surface area contributed by atoms with Gasteiger partial charge >= 0.3 is 0 Å². The molecule has 1 aliphatic carbocycles. The average molecular weight is 1110 g/mol. The van der Waals surface area contributed by atoms with E-state index in [2.05, 4.69) is 146 Å².